The predicted molar refractivity (Wildman–Crippen MR) is 72.9 cm³/mol. The highest BCUT2D eigenvalue weighted by atomic mass is 16.5. The molecule has 0 bridgehead atoms. The van der Waals surface area contributed by atoms with E-state index in [1.165, 1.54) is 5.56 Å². The molecule has 6 heteroatoms. The Morgan fingerprint density at radius 3 is 2.84 bits per heavy atom. The van der Waals surface area contributed by atoms with E-state index in [4.69, 9.17) is 10.5 Å². The normalized spacial score (nSPS) is 10.9. The van der Waals surface area contributed by atoms with Crippen molar-refractivity contribution in [2.24, 2.45) is 5.73 Å². The quantitative estimate of drug-likeness (QED) is 0.773. The maximum Gasteiger partial charge on any atom is 0.204 e. The van der Waals surface area contributed by atoms with E-state index in [-0.39, 0.29) is 0 Å². The van der Waals surface area contributed by atoms with Gasteiger partial charge in [0.2, 0.25) is 5.82 Å². The molecule has 0 aliphatic rings. The zero-order chi connectivity index (χ0) is 13.7. The van der Waals surface area contributed by atoms with Gasteiger partial charge in [-0.3, -0.25) is 0 Å². The van der Waals surface area contributed by atoms with E-state index < -0.39 is 0 Å². The van der Waals surface area contributed by atoms with Crippen LogP contribution in [0.1, 0.15) is 31.7 Å². The maximum absolute atomic E-state index is 5.81. The van der Waals surface area contributed by atoms with Crippen LogP contribution < -0.4 is 10.5 Å². The minimum absolute atomic E-state index is 0.396. The summed E-state index contributed by atoms with van der Waals surface area (Å²) < 4.78 is 5.81. The van der Waals surface area contributed by atoms with E-state index >= 15 is 0 Å². The summed E-state index contributed by atoms with van der Waals surface area (Å²) >= 11 is 0. The number of aromatic nitrogens is 4. The highest BCUT2D eigenvalue weighted by molar-refractivity contribution is 5.59. The molecule has 1 heterocycles. The van der Waals surface area contributed by atoms with Crippen LogP contribution in [0.25, 0.3) is 11.4 Å². The topological polar surface area (TPSA) is 89.7 Å². The third-order valence-corrected chi connectivity index (χ3v) is 2.85. The number of aromatic amines is 1. The number of benzene rings is 1. The van der Waals surface area contributed by atoms with Gasteiger partial charge in [-0.05, 0) is 35.7 Å². The van der Waals surface area contributed by atoms with Gasteiger partial charge in [0.15, 0.2) is 0 Å². The molecular weight excluding hydrogens is 242 g/mol. The monoisotopic (exact) mass is 261 g/mol. The Morgan fingerprint density at radius 2 is 2.21 bits per heavy atom. The van der Waals surface area contributed by atoms with Crippen molar-refractivity contribution < 1.29 is 4.74 Å². The lowest BCUT2D eigenvalue weighted by molar-refractivity contribution is 0.309. The van der Waals surface area contributed by atoms with E-state index in [2.05, 4.69) is 34.5 Å². The first-order chi connectivity index (χ1) is 9.22. The number of H-pyrrole nitrogens is 1. The number of hydrogen-bond acceptors (Lipinski definition) is 5. The van der Waals surface area contributed by atoms with Crippen LogP contribution in [0.2, 0.25) is 0 Å². The third kappa shape index (κ3) is 3.29. The van der Waals surface area contributed by atoms with Crippen LogP contribution in [-0.4, -0.2) is 33.8 Å². The van der Waals surface area contributed by atoms with Gasteiger partial charge in [-0.15, -0.1) is 10.2 Å². The Morgan fingerprint density at radius 1 is 1.37 bits per heavy atom. The third-order valence-electron chi connectivity index (χ3n) is 2.85. The van der Waals surface area contributed by atoms with Crippen molar-refractivity contribution >= 4 is 0 Å². The Bertz CT molecular complexity index is 510. The first-order valence-electron chi connectivity index (χ1n) is 6.43. The van der Waals surface area contributed by atoms with Crippen molar-refractivity contribution in [2.45, 2.75) is 26.2 Å². The van der Waals surface area contributed by atoms with Gasteiger partial charge in [0.25, 0.3) is 0 Å². The van der Waals surface area contributed by atoms with Crippen molar-refractivity contribution in [2.75, 3.05) is 13.2 Å². The second kappa shape index (κ2) is 6.29. The van der Waals surface area contributed by atoms with Crippen molar-refractivity contribution in [1.29, 1.82) is 0 Å². The van der Waals surface area contributed by atoms with E-state index in [0.29, 0.717) is 24.9 Å². The number of hydrogen-bond donors (Lipinski definition) is 2. The average Bonchev–Trinajstić information content (AvgIpc) is 2.92. The Kier molecular flexibility index (Phi) is 4.46. The summed E-state index contributed by atoms with van der Waals surface area (Å²) in [5, 5.41) is 14.0. The van der Waals surface area contributed by atoms with Crippen molar-refractivity contribution in [3.05, 3.63) is 23.8 Å². The Balaban J connectivity index is 2.27. The molecule has 1 aromatic heterocycles. The van der Waals surface area contributed by atoms with Crippen LogP contribution in [0.15, 0.2) is 18.2 Å². The molecule has 0 aliphatic carbocycles. The van der Waals surface area contributed by atoms with Crippen molar-refractivity contribution in [3.63, 3.8) is 0 Å². The van der Waals surface area contributed by atoms with Gasteiger partial charge in [-0.2, -0.15) is 5.21 Å². The average molecular weight is 261 g/mol. The Labute approximate surface area is 112 Å². The fourth-order valence-electron chi connectivity index (χ4n) is 1.82. The summed E-state index contributed by atoms with van der Waals surface area (Å²) in [6.07, 6.45) is 0.837. The summed E-state index contributed by atoms with van der Waals surface area (Å²) in [4.78, 5) is 0. The van der Waals surface area contributed by atoms with Gasteiger partial charge in [-0.1, -0.05) is 26.0 Å². The molecule has 6 nitrogen and oxygen atoms in total. The van der Waals surface area contributed by atoms with E-state index in [1.54, 1.807) is 0 Å². The van der Waals surface area contributed by atoms with E-state index in [9.17, 15) is 0 Å². The fraction of sp³-hybridized carbons (Fsp3) is 0.462. The molecule has 102 valence electrons. The highest BCUT2D eigenvalue weighted by Gasteiger charge is 2.11. The molecule has 2 rings (SSSR count). The maximum atomic E-state index is 5.81. The minimum atomic E-state index is 0.396. The summed E-state index contributed by atoms with van der Waals surface area (Å²) in [6, 6.07) is 5.99. The molecule has 2 aromatic rings. The van der Waals surface area contributed by atoms with Gasteiger partial charge in [0.1, 0.15) is 5.75 Å². The lowest BCUT2D eigenvalue weighted by atomic mass is 10.00. The molecule has 19 heavy (non-hydrogen) atoms. The van der Waals surface area contributed by atoms with E-state index in [1.807, 2.05) is 18.2 Å². The zero-order valence-corrected chi connectivity index (χ0v) is 11.3. The smallest absolute Gasteiger partial charge is 0.204 e. The first-order valence-corrected chi connectivity index (χ1v) is 6.43. The highest BCUT2D eigenvalue weighted by Crippen LogP contribution is 2.30. The molecular formula is C13H19N5O. The van der Waals surface area contributed by atoms with Crippen LogP contribution in [-0.2, 0) is 0 Å². The number of nitrogens with two attached hydrogens (primary N) is 1. The largest absolute Gasteiger partial charge is 0.493 e. The summed E-state index contributed by atoms with van der Waals surface area (Å²) in [5.74, 6) is 1.83. The molecule has 0 saturated carbocycles. The molecule has 3 N–H and O–H groups in total. The van der Waals surface area contributed by atoms with Crippen LogP contribution >= 0.6 is 0 Å². The molecule has 0 spiro atoms. The van der Waals surface area contributed by atoms with Crippen LogP contribution in [0.5, 0.6) is 5.75 Å². The molecule has 0 aliphatic heterocycles. The number of rotatable bonds is 6. The number of nitrogens with one attached hydrogen (secondary N) is 1. The fourth-order valence-corrected chi connectivity index (χ4v) is 1.82. The second-order valence-corrected chi connectivity index (χ2v) is 4.63. The molecule has 0 amide bonds. The van der Waals surface area contributed by atoms with Crippen LogP contribution in [0.4, 0.5) is 0 Å². The molecule has 1 aromatic carbocycles. The molecule has 0 atom stereocenters. The zero-order valence-electron chi connectivity index (χ0n) is 11.3. The van der Waals surface area contributed by atoms with Crippen molar-refractivity contribution in [3.8, 4) is 17.1 Å². The summed E-state index contributed by atoms with van der Waals surface area (Å²) in [5.41, 5.74) is 7.55. The van der Waals surface area contributed by atoms with Gasteiger partial charge in [0, 0.05) is 5.56 Å². The molecule has 0 saturated heterocycles. The summed E-state index contributed by atoms with van der Waals surface area (Å²) in [7, 11) is 0. The van der Waals surface area contributed by atoms with Crippen LogP contribution in [0, 0.1) is 0 Å². The van der Waals surface area contributed by atoms with Gasteiger partial charge >= 0.3 is 0 Å². The van der Waals surface area contributed by atoms with Crippen LogP contribution in [0.3, 0.4) is 0 Å². The Hall–Kier alpha value is -1.95. The molecule has 0 fully saturated rings. The standard InChI is InChI=1S/C13H19N5O/c1-9(2)11-5-4-10(13-15-17-18-16-13)8-12(11)19-7-3-6-14/h4-5,8-9H,3,6-7,14H2,1-2H3,(H,15,16,17,18). The van der Waals surface area contributed by atoms with Crippen molar-refractivity contribution in [1.82, 2.24) is 20.6 Å². The number of tetrazole rings is 1. The lowest BCUT2D eigenvalue weighted by Crippen LogP contribution is -2.07. The molecule has 0 unspecified atom stereocenters. The number of ether oxygens (including phenoxy) is 1. The lowest BCUT2D eigenvalue weighted by Gasteiger charge is -2.14. The van der Waals surface area contributed by atoms with Gasteiger partial charge in [0.05, 0.1) is 6.61 Å². The summed E-state index contributed by atoms with van der Waals surface area (Å²) in [6.45, 7) is 5.52. The van der Waals surface area contributed by atoms with Gasteiger partial charge < -0.3 is 10.5 Å². The SMILES string of the molecule is CC(C)c1ccc(-c2nn[nH]n2)cc1OCCCN. The first kappa shape index (κ1) is 13.5. The second-order valence-electron chi connectivity index (χ2n) is 4.63. The number of nitrogens with zero attached hydrogens (tertiary/aromatic N) is 3. The molecule has 0 radical (unpaired) electrons. The van der Waals surface area contributed by atoms with E-state index in [0.717, 1.165) is 17.7 Å². The predicted octanol–water partition coefficient (Wildman–Crippen LogP) is 1.72. The minimum Gasteiger partial charge on any atom is -0.493 e. The van der Waals surface area contributed by atoms with Gasteiger partial charge in [-0.25, -0.2) is 0 Å².